The monoisotopic (exact) mass is 301 g/mol. The van der Waals surface area contributed by atoms with Crippen LogP contribution in [0.15, 0.2) is 24.3 Å². The number of carbonyl (C=O) groups excluding carboxylic acids is 1. The van der Waals surface area contributed by atoms with E-state index in [2.05, 4.69) is 10.3 Å². The minimum Gasteiger partial charge on any atom is -0.481 e. The number of aryl methyl sites for hydroxylation is 1. The van der Waals surface area contributed by atoms with E-state index in [0.29, 0.717) is 5.69 Å². The Balaban J connectivity index is 2.23. The van der Waals surface area contributed by atoms with Gasteiger partial charge in [0, 0.05) is 31.6 Å². The van der Waals surface area contributed by atoms with Crippen LogP contribution in [0.1, 0.15) is 18.4 Å². The molecule has 2 rings (SSSR count). The summed E-state index contributed by atoms with van der Waals surface area (Å²) < 4.78 is 0. The van der Waals surface area contributed by atoms with Crippen molar-refractivity contribution >= 4 is 34.3 Å². The third-order valence-corrected chi connectivity index (χ3v) is 3.31. The molecule has 1 aromatic carbocycles. The van der Waals surface area contributed by atoms with Gasteiger partial charge in [-0.15, -0.1) is 0 Å². The lowest BCUT2D eigenvalue weighted by molar-refractivity contribution is -0.138. The van der Waals surface area contributed by atoms with Crippen molar-refractivity contribution in [3.63, 3.8) is 0 Å². The normalized spacial score (nSPS) is 10.5. The number of hydrogen-bond donors (Lipinski definition) is 2. The summed E-state index contributed by atoms with van der Waals surface area (Å²) in [7, 11) is 3.87. The van der Waals surface area contributed by atoms with Gasteiger partial charge in [-0.05, 0) is 36.8 Å². The first kappa shape index (κ1) is 15.8. The lowest BCUT2D eigenvalue weighted by Crippen LogP contribution is -2.13. The van der Waals surface area contributed by atoms with Gasteiger partial charge in [-0.25, -0.2) is 4.98 Å². The Morgan fingerprint density at radius 1 is 1.23 bits per heavy atom. The van der Waals surface area contributed by atoms with Crippen molar-refractivity contribution in [2.45, 2.75) is 19.8 Å². The van der Waals surface area contributed by atoms with Gasteiger partial charge in [-0.2, -0.15) is 0 Å². The highest BCUT2D eigenvalue weighted by Crippen LogP contribution is 2.24. The molecule has 1 heterocycles. The number of carboxylic acid groups (broad SMARTS) is 1. The molecule has 0 fully saturated rings. The highest BCUT2D eigenvalue weighted by atomic mass is 16.4. The topological polar surface area (TPSA) is 82.5 Å². The molecule has 1 amide bonds. The van der Waals surface area contributed by atoms with Crippen LogP contribution in [0.3, 0.4) is 0 Å². The number of anilines is 2. The van der Waals surface area contributed by atoms with E-state index in [4.69, 9.17) is 5.11 Å². The predicted molar refractivity (Wildman–Crippen MR) is 86.3 cm³/mol. The summed E-state index contributed by atoms with van der Waals surface area (Å²) in [5.41, 5.74) is 2.56. The highest BCUT2D eigenvalue weighted by Gasteiger charge is 2.08. The number of hydrogen-bond acceptors (Lipinski definition) is 4. The lowest BCUT2D eigenvalue weighted by Gasteiger charge is -2.14. The molecule has 0 bridgehead atoms. The Hall–Kier alpha value is -2.63. The molecular weight excluding hydrogens is 282 g/mol. The van der Waals surface area contributed by atoms with E-state index in [1.807, 2.05) is 44.1 Å². The molecule has 0 unspecified atom stereocenters. The number of carboxylic acids is 1. The number of fused-ring (bicyclic) bond motifs is 1. The minimum absolute atomic E-state index is 0.0375. The average Bonchev–Trinajstić information content (AvgIpc) is 2.45. The predicted octanol–water partition coefficient (Wildman–Crippen LogP) is 2.41. The second kappa shape index (κ2) is 6.43. The number of aliphatic carboxylic acids is 1. The number of amides is 1. The van der Waals surface area contributed by atoms with Crippen LogP contribution >= 0.6 is 0 Å². The van der Waals surface area contributed by atoms with Crippen molar-refractivity contribution in [1.29, 1.82) is 0 Å². The van der Waals surface area contributed by atoms with Gasteiger partial charge in [0.1, 0.15) is 5.82 Å². The summed E-state index contributed by atoms with van der Waals surface area (Å²) in [5, 5.41) is 12.3. The number of nitrogens with one attached hydrogen (secondary N) is 1. The van der Waals surface area contributed by atoms with E-state index in [-0.39, 0.29) is 18.7 Å². The highest BCUT2D eigenvalue weighted by molar-refractivity contribution is 5.95. The fourth-order valence-corrected chi connectivity index (χ4v) is 2.13. The third kappa shape index (κ3) is 3.72. The number of rotatable bonds is 5. The number of aromatic nitrogens is 1. The Labute approximate surface area is 128 Å². The van der Waals surface area contributed by atoms with E-state index < -0.39 is 5.97 Å². The standard InChI is InChI=1S/C16H19N3O3/c1-10-8-14(19(2)3)18-13-5-4-11(9-12(10)13)17-15(20)6-7-16(21)22/h4-5,8-9H,6-7H2,1-3H3,(H,17,20)(H,21,22). The second-order valence-corrected chi connectivity index (χ2v) is 5.37. The van der Waals surface area contributed by atoms with Crippen molar-refractivity contribution < 1.29 is 14.7 Å². The van der Waals surface area contributed by atoms with Crippen LogP contribution in [0.5, 0.6) is 0 Å². The maximum Gasteiger partial charge on any atom is 0.303 e. The smallest absolute Gasteiger partial charge is 0.303 e. The summed E-state index contributed by atoms with van der Waals surface area (Å²) in [6.07, 6.45) is -0.212. The lowest BCUT2D eigenvalue weighted by atomic mass is 10.1. The maximum absolute atomic E-state index is 11.7. The fourth-order valence-electron chi connectivity index (χ4n) is 2.13. The molecule has 0 radical (unpaired) electrons. The van der Waals surface area contributed by atoms with Crippen LogP contribution in [-0.2, 0) is 9.59 Å². The van der Waals surface area contributed by atoms with Crippen LogP contribution in [-0.4, -0.2) is 36.1 Å². The fraction of sp³-hybridized carbons (Fsp3) is 0.312. The van der Waals surface area contributed by atoms with Crippen LogP contribution < -0.4 is 10.2 Å². The SMILES string of the molecule is Cc1cc(N(C)C)nc2ccc(NC(=O)CCC(=O)O)cc12. The number of nitrogens with zero attached hydrogens (tertiary/aromatic N) is 2. The van der Waals surface area contributed by atoms with Gasteiger partial charge in [0.15, 0.2) is 0 Å². The maximum atomic E-state index is 11.7. The first-order chi connectivity index (χ1) is 10.4. The summed E-state index contributed by atoms with van der Waals surface area (Å²) in [5.74, 6) is -0.412. The molecule has 6 heteroatoms. The molecule has 116 valence electrons. The molecule has 0 saturated heterocycles. The molecule has 0 saturated carbocycles. The van der Waals surface area contributed by atoms with Crippen molar-refractivity contribution in [3.05, 3.63) is 29.8 Å². The molecule has 0 atom stereocenters. The van der Waals surface area contributed by atoms with Gasteiger partial charge in [0.2, 0.25) is 5.91 Å². The van der Waals surface area contributed by atoms with Gasteiger partial charge in [-0.1, -0.05) is 0 Å². The van der Waals surface area contributed by atoms with Crippen molar-refractivity contribution in [2.75, 3.05) is 24.3 Å². The van der Waals surface area contributed by atoms with Crippen LogP contribution in [0.25, 0.3) is 10.9 Å². The number of pyridine rings is 1. The van der Waals surface area contributed by atoms with Gasteiger partial charge in [-0.3, -0.25) is 9.59 Å². The van der Waals surface area contributed by atoms with E-state index in [1.165, 1.54) is 0 Å². The first-order valence-electron chi connectivity index (χ1n) is 6.97. The first-order valence-corrected chi connectivity index (χ1v) is 6.97. The zero-order valence-electron chi connectivity index (χ0n) is 12.9. The van der Waals surface area contributed by atoms with Crippen molar-refractivity contribution in [3.8, 4) is 0 Å². The van der Waals surface area contributed by atoms with E-state index in [1.54, 1.807) is 6.07 Å². The van der Waals surface area contributed by atoms with E-state index in [9.17, 15) is 9.59 Å². The van der Waals surface area contributed by atoms with Crippen LogP contribution in [0.4, 0.5) is 11.5 Å². The average molecular weight is 301 g/mol. The Bertz CT molecular complexity index is 726. The zero-order valence-corrected chi connectivity index (χ0v) is 12.9. The Morgan fingerprint density at radius 3 is 2.59 bits per heavy atom. The van der Waals surface area contributed by atoms with Gasteiger partial charge in [0.25, 0.3) is 0 Å². The van der Waals surface area contributed by atoms with Gasteiger partial charge >= 0.3 is 5.97 Å². The molecule has 0 spiro atoms. The molecule has 0 aliphatic rings. The molecule has 0 aliphatic carbocycles. The molecule has 1 aromatic heterocycles. The van der Waals surface area contributed by atoms with Crippen LogP contribution in [0, 0.1) is 6.92 Å². The summed E-state index contributed by atoms with van der Waals surface area (Å²) in [6.45, 7) is 1.99. The number of carbonyl (C=O) groups is 2. The molecule has 22 heavy (non-hydrogen) atoms. The molecule has 2 aromatic rings. The van der Waals surface area contributed by atoms with Crippen molar-refractivity contribution in [1.82, 2.24) is 4.98 Å². The molecule has 0 aliphatic heterocycles. The van der Waals surface area contributed by atoms with Gasteiger partial charge in [0.05, 0.1) is 11.9 Å². The molecule has 6 nitrogen and oxygen atoms in total. The van der Waals surface area contributed by atoms with E-state index in [0.717, 1.165) is 22.3 Å². The molecule has 2 N–H and O–H groups in total. The minimum atomic E-state index is -0.982. The Kier molecular flexibility index (Phi) is 4.60. The Morgan fingerprint density at radius 2 is 1.95 bits per heavy atom. The summed E-state index contributed by atoms with van der Waals surface area (Å²) in [6, 6.07) is 7.46. The second-order valence-electron chi connectivity index (χ2n) is 5.37. The number of benzene rings is 1. The van der Waals surface area contributed by atoms with Crippen molar-refractivity contribution in [2.24, 2.45) is 0 Å². The third-order valence-electron chi connectivity index (χ3n) is 3.31. The summed E-state index contributed by atoms with van der Waals surface area (Å²) in [4.78, 5) is 28.6. The van der Waals surface area contributed by atoms with Crippen LogP contribution in [0.2, 0.25) is 0 Å². The largest absolute Gasteiger partial charge is 0.481 e. The molecular formula is C16H19N3O3. The quantitative estimate of drug-likeness (QED) is 0.886. The van der Waals surface area contributed by atoms with Gasteiger partial charge < -0.3 is 15.3 Å². The summed E-state index contributed by atoms with van der Waals surface area (Å²) >= 11 is 0. The van der Waals surface area contributed by atoms with E-state index >= 15 is 0 Å². The zero-order chi connectivity index (χ0) is 16.3.